The van der Waals surface area contributed by atoms with Crippen LogP contribution in [-0.4, -0.2) is 45.0 Å². The van der Waals surface area contributed by atoms with Crippen molar-refractivity contribution < 1.29 is 19.7 Å². The highest BCUT2D eigenvalue weighted by atomic mass is 16.7. The zero-order valence-corrected chi connectivity index (χ0v) is 19.1. The second kappa shape index (κ2) is 6.41. The van der Waals surface area contributed by atoms with E-state index in [1.165, 1.54) is 0 Å². The molecule has 8 heteroatoms. The van der Waals surface area contributed by atoms with Gasteiger partial charge in [-0.15, -0.1) is 0 Å². The van der Waals surface area contributed by atoms with Crippen LogP contribution in [0.25, 0.3) is 43.6 Å². The van der Waals surface area contributed by atoms with Crippen LogP contribution in [0, 0.1) is 5.92 Å². The van der Waals surface area contributed by atoms with E-state index in [4.69, 9.17) is 4.74 Å². The number of carbonyl (C=O) groups excluding carboxylic acids is 1. The Morgan fingerprint density at radius 2 is 1.80 bits per heavy atom. The smallest absolute Gasteiger partial charge is 0.262 e. The summed E-state index contributed by atoms with van der Waals surface area (Å²) >= 11 is 0. The monoisotopic (exact) mass is 468 g/mol. The lowest BCUT2D eigenvalue weighted by Crippen LogP contribution is -2.58. The Bertz CT molecular complexity index is 1750. The number of nitrogens with one attached hydrogen (secondary N) is 2. The fourth-order valence-electron chi connectivity index (χ4n) is 7.03. The molecule has 3 aliphatic heterocycles. The van der Waals surface area contributed by atoms with Gasteiger partial charge in [-0.05, 0) is 24.7 Å². The van der Waals surface area contributed by atoms with E-state index in [1.54, 1.807) is 0 Å². The van der Waals surface area contributed by atoms with Gasteiger partial charge < -0.3 is 30.2 Å². The minimum absolute atomic E-state index is 0.0742. The van der Waals surface area contributed by atoms with Gasteiger partial charge in [0.1, 0.15) is 6.23 Å². The van der Waals surface area contributed by atoms with E-state index in [-0.39, 0.29) is 18.6 Å². The number of carbonyl (C=O) groups is 1. The van der Waals surface area contributed by atoms with Crippen LogP contribution >= 0.6 is 0 Å². The Morgan fingerprint density at radius 3 is 2.54 bits per heavy atom. The van der Waals surface area contributed by atoms with E-state index in [0.717, 1.165) is 49.2 Å². The summed E-state index contributed by atoms with van der Waals surface area (Å²) in [6, 6.07) is 15.8. The van der Waals surface area contributed by atoms with Crippen LogP contribution < -0.4 is 10.6 Å². The topological polar surface area (TPSA) is 101 Å². The summed E-state index contributed by atoms with van der Waals surface area (Å²) in [6.45, 7) is 0.186. The molecule has 0 aliphatic carbocycles. The number of hydrogen-bond acceptors (Lipinski definition) is 5. The lowest BCUT2D eigenvalue weighted by molar-refractivity contribution is -0.355. The van der Waals surface area contributed by atoms with Gasteiger partial charge in [0.25, 0.3) is 11.8 Å². The van der Waals surface area contributed by atoms with E-state index in [1.807, 2.05) is 54.1 Å². The molecule has 2 aromatic heterocycles. The van der Waals surface area contributed by atoms with Crippen molar-refractivity contribution in [2.75, 3.05) is 13.7 Å². The van der Waals surface area contributed by atoms with Crippen molar-refractivity contribution in [2.24, 2.45) is 5.92 Å². The normalized spacial score (nSPS) is 27.3. The predicted octanol–water partition coefficient (Wildman–Crippen LogP) is 2.88. The highest BCUT2D eigenvalue weighted by Gasteiger charge is 2.54. The van der Waals surface area contributed by atoms with Gasteiger partial charge in [-0.2, -0.15) is 0 Å². The van der Waals surface area contributed by atoms with Gasteiger partial charge in [0, 0.05) is 40.6 Å². The van der Waals surface area contributed by atoms with Crippen molar-refractivity contribution >= 4 is 49.5 Å². The molecular weight excluding hydrogens is 444 g/mol. The quantitative estimate of drug-likeness (QED) is 0.319. The van der Waals surface area contributed by atoms with Crippen molar-refractivity contribution in [2.45, 2.75) is 31.1 Å². The molecule has 5 aromatic rings. The number of amides is 1. The highest BCUT2D eigenvalue weighted by Crippen LogP contribution is 2.53. The second-order valence-corrected chi connectivity index (χ2v) is 9.87. The first-order chi connectivity index (χ1) is 17.1. The molecule has 5 heterocycles. The minimum atomic E-state index is -1.79. The molecule has 2 bridgehead atoms. The van der Waals surface area contributed by atoms with Crippen LogP contribution in [0.5, 0.6) is 0 Å². The van der Waals surface area contributed by atoms with E-state index in [0.29, 0.717) is 18.5 Å². The molecule has 0 unspecified atom stereocenters. The van der Waals surface area contributed by atoms with Crippen LogP contribution in [0.2, 0.25) is 0 Å². The molecule has 1 amide bonds. The van der Waals surface area contributed by atoms with Gasteiger partial charge in [-0.3, -0.25) is 9.36 Å². The van der Waals surface area contributed by atoms with Gasteiger partial charge in [0.2, 0.25) is 0 Å². The zero-order chi connectivity index (χ0) is 23.6. The lowest BCUT2D eigenvalue weighted by atomic mass is 9.89. The summed E-state index contributed by atoms with van der Waals surface area (Å²) in [5.41, 5.74) is 5.15. The molecule has 35 heavy (non-hydrogen) atoms. The number of nitrogens with zero attached hydrogens (tertiary/aromatic N) is 2. The first kappa shape index (κ1) is 19.8. The van der Waals surface area contributed by atoms with Gasteiger partial charge in [-0.25, -0.2) is 0 Å². The Kier molecular flexibility index (Phi) is 3.63. The molecule has 3 aromatic carbocycles. The standard InChI is InChI=1S/C27H24N4O4/c1-28-17-10-20-30-18-8-4-2-6-13(18)22-23-15(11-29-26(23)33)21-14-7-3-5-9-19(14)31(25(21)24(22)30)27(34,35-20)16(17)12-32/h2-9,16-17,20,28,32,34H,10-12H2,1H3,(H,29,33)/t16-,17-,20-,27+/m1/s1. The fourth-order valence-corrected chi connectivity index (χ4v) is 7.03. The minimum Gasteiger partial charge on any atom is -0.396 e. The molecule has 3 aliphatic rings. The lowest BCUT2D eigenvalue weighted by Gasteiger charge is -2.46. The van der Waals surface area contributed by atoms with Gasteiger partial charge in [0.15, 0.2) is 0 Å². The first-order valence-electron chi connectivity index (χ1n) is 12.1. The highest BCUT2D eigenvalue weighted by molar-refractivity contribution is 6.30. The molecule has 176 valence electrons. The third-order valence-corrected chi connectivity index (χ3v) is 8.43. The molecule has 8 rings (SSSR count). The number of hydrogen-bond donors (Lipinski definition) is 4. The molecule has 4 N–H and O–H groups in total. The Hall–Kier alpha value is -3.43. The molecule has 8 nitrogen and oxygen atoms in total. The summed E-state index contributed by atoms with van der Waals surface area (Å²) in [7, 11) is 1.85. The SMILES string of the molecule is CN[C@@H]1C[C@H]2O[C@@](O)([C@@H]1CO)n1c3ccccc3c3c4c(c5c6ccccc6n2c5c31)C(=O)NC4. The van der Waals surface area contributed by atoms with Crippen LogP contribution in [0.3, 0.4) is 0 Å². The van der Waals surface area contributed by atoms with E-state index in [9.17, 15) is 15.0 Å². The number of rotatable bonds is 2. The van der Waals surface area contributed by atoms with Crippen molar-refractivity contribution in [3.05, 3.63) is 59.7 Å². The Balaban J connectivity index is 1.72. The third kappa shape index (κ3) is 2.12. The number of benzene rings is 3. The van der Waals surface area contributed by atoms with Crippen molar-refractivity contribution in [3.8, 4) is 0 Å². The first-order valence-corrected chi connectivity index (χ1v) is 12.1. The number of aliphatic hydroxyl groups is 2. The summed E-state index contributed by atoms with van der Waals surface area (Å²) in [6.07, 6.45) is 0.0674. The maximum atomic E-state index is 13.3. The molecule has 4 atom stereocenters. The number of para-hydroxylation sites is 2. The molecule has 1 saturated heterocycles. The Labute approximate surface area is 199 Å². The van der Waals surface area contributed by atoms with Crippen molar-refractivity contribution in [3.63, 3.8) is 0 Å². The number of fused-ring (bicyclic) bond motifs is 13. The van der Waals surface area contributed by atoms with Crippen LogP contribution in [0.15, 0.2) is 48.5 Å². The average molecular weight is 469 g/mol. The third-order valence-electron chi connectivity index (χ3n) is 8.43. The van der Waals surface area contributed by atoms with Crippen LogP contribution in [0.1, 0.15) is 28.6 Å². The van der Waals surface area contributed by atoms with Crippen molar-refractivity contribution in [1.29, 1.82) is 0 Å². The van der Waals surface area contributed by atoms with E-state index >= 15 is 0 Å². The van der Waals surface area contributed by atoms with Crippen molar-refractivity contribution in [1.82, 2.24) is 19.8 Å². The molecule has 0 radical (unpaired) electrons. The van der Waals surface area contributed by atoms with E-state index in [2.05, 4.69) is 21.3 Å². The predicted molar refractivity (Wildman–Crippen MR) is 132 cm³/mol. The molecule has 0 saturated carbocycles. The van der Waals surface area contributed by atoms with Gasteiger partial charge in [-0.1, -0.05) is 36.4 Å². The zero-order valence-electron chi connectivity index (χ0n) is 19.1. The summed E-state index contributed by atoms with van der Waals surface area (Å²) in [5.74, 6) is -2.46. The number of aliphatic hydroxyl groups excluding tert-OH is 1. The second-order valence-electron chi connectivity index (χ2n) is 9.87. The summed E-state index contributed by atoms with van der Waals surface area (Å²) in [5, 5.41) is 33.1. The van der Waals surface area contributed by atoms with Gasteiger partial charge in [0.05, 0.1) is 40.2 Å². The summed E-state index contributed by atoms with van der Waals surface area (Å²) in [4.78, 5) is 13.3. The number of ether oxygens (including phenoxy) is 1. The fraction of sp³-hybridized carbons (Fsp3) is 0.296. The maximum absolute atomic E-state index is 13.3. The average Bonchev–Trinajstić information content (AvgIpc) is 3.51. The van der Waals surface area contributed by atoms with Crippen LogP contribution in [-0.2, 0) is 17.2 Å². The van der Waals surface area contributed by atoms with Gasteiger partial charge >= 0.3 is 0 Å². The largest absolute Gasteiger partial charge is 0.396 e. The molecule has 0 spiro atoms. The van der Waals surface area contributed by atoms with E-state index < -0.39 is 18.1 Å². The molecular formula is C27H24N4O4. The number of aromatic nitrogens is 2. The maximum Gasteiger partial charge on any atom is 0.262 e. The summed E-state index contributed by atoms with van der Waals surface area (Å²) < 4.78 is 10.6. The Morgan fingerprint density at radius 1 is 1.09 bits per heavy atom. The molecule has 1 fully saturated rings. The van der Waals surface area contributed by atoms with Crippen LogP contribution in [0.4, 0.5) is 0 Å².